The average molecular weight is 137 g/mol. The lowest BCUT2D eigenvalue weighted by atomic mass is 10.6. The summed E-state index contributed by atoms with van der Waals surface area (Å²) < 4.78 is 0. The molecular formula is C4H3N5O. The molecule has 0 aromatic carbocycles. The lowest BCUT2D eigenvalue weighted by Crippen LogP contribution is -1.91. The Bertz CT molecular complexity index is 355. The van der Waals surface area contributed by atoms with E-state index in [2.05, 4.69) is 20.3 Å². The first-order valence-corrected chi connectivity index (χ1v) is 2.58. The molecule has 0 unspecified atom stereocenters. The molecule has 0 radical (unpaired) electrons. The van der Waals surface area contributed by atoms with Gasteiger partial charge in [-0.2, -0.15) is 0 Å². The standard InChI is InChI=1S/C4H3N5O/c10-9-3-1-5-2-6-4(3)7-8-9/h1-2,10H. The predicted octanol–water partition coefficient (Wildman–Crippen LogP) is -0.541. The van der Waals surface area contributed by atoms with E-state index in [1.165, 1.54) is 12.5 Å². The van der Waals surface area contributed by atoms with Crippen molar-refractivity contribution in [1.29, 1.82) is 0 Å². The molecule has 10 heavy (non-hydrogen) atoms. The van der Waals surface area contributed by atoms with Crippen molar-refractivity contribution >= 4 is 11.2 Å². The summed E-state index contributed by atoms with van der Waals surface area (Å²) in [5.41, 5.74) is 0.792. The number of fused-ring (bicyclic) bond motifs is 1. The number of nitrogens with zero attached hydrogens (tertiary/aromatic N) is 5. The van der Waals surface area contributed by atoms with Crippen molar-refractivity contribution in [3.05, 3.63) is 12.5 Å². The van der Waals surface area contributed by atoms with Gasteiger partial charge in [0.15, 0.2) is 5.52 Å². The van der Waals surface area contributed by atoms with Gasteiger partial charge in [-0.1, -0.05) is 4.85 Å². The Morgan fingerprint density at radius 1 is 1.50 bits per heavy atom. The Hall–Kier alpha value is -1.72. The van der Waals surface area contributed by atoms with E-state index in [0.29, 0.717) is 16.0 Å². The molecule has 0 saturated carbocycles. The molecule has 2 heterocycles. The van der Waals surface area contributed by atoms with E-state index in [1.54, 1.807) is 0 Å². The Morgan fingerprint density at radius 2 is 2.40 bits per heavy atom. The SMILES string of the molecule is On1nnc2ncncc21. The maximum absolute atomic E-state index is 8.87. The molecule has 0 atom stereocenters. The molecule has 0 amide bonds. The third kappa shape index (κ3) is 0.524. The summed E-state index contributed by atoms with van der Waals surface area (Å²) in [6.45, 7) is 0. The van der Waals surface area contributed by atoms with Gasteiger partial charge in [0.1, 0.15) is 6.33 Å². The van der Waals surface area contributed by atoms with Crippen molar-refractivity contribution in [3.8, 4) is 0 Å². The summed E-state index contributed by atoms with van der Waals surface area (Å²) in [4.78, 5) is 8.04. The third-order valence-corrected chi connectivity index (χ3v) is 1.11. The molecule has 6 heteroatoms. The van der Waals surface area contributed by atoms with Crippen molar-refractivity contribution in [1.82, 2.24) is 25.1 Å². The van der Waals surface area contributed by atoms with Crippen LogP contribution in [0.5, 0.6) is 0 Å². The molecule has 0 fully saturated rings. The molecule has 0 aliphatic carbocycles. The van der Waals surface area contributed by atoms with E-state index in [4.69, 9.17) is 5.21 Å². The van der Waals surface area contributed by atoms with Gasteiger partial charge in [0.05, 0.1) is 6.20 Å². The second-order valence-electron chi connectivity index (χ2n) is 1.71. The largest absolute Gasteiger partial charge is 0.410 e. The molecular weight excluding hydrogens is 134 g/mol. The molecule has 50 valence electrons. The summed E-state index contributed by atoms with van der Waals surface area (Å²) in [6, 6.07) is 0. The summed E-state index contributed by atoms with van der Waals surface area (Å²) in [7, 11) is 0. The second kappa shape index (κ2) is 1.63. The van der Waals surface area contributed by atoms with Crippen LogP contribution in [0.1, 0.15) is 0 Å². The molecule has 6 nitrogen and oxygen atoms in total. The van der Waals surface area contributed by atoms with E-state index in [-0.39, 0.29) is 0 Å². The molecule has 0 bridgehead atoms. The molecule has 0 saturated heterocycles. The number of rotatable bonds is 0. The lowest BCUT2D eigenvalue weighted by molar-refractivity contribution is 0.154. The quantitative estimate of drug-likeness (QED) is 0.493. The van der Waals surface area contributed by atoms with Gasteiger partial charge in [-0.25, -0.2) is 9.97 Å². The highest BCUT2D eigenvalue weighted by Gasteiger charge is 2.00. The molecule has 0 spiro atoms. The topological polar surface area (TPSA) is 76.7 Å². The molecule has 0 aliphatic heterocycles. The summed E-state index contributed by atoms with van der Waals surface area (Å²) in [5, 5.41) is 15.7. The van der Waals surface area contributed by atoms with Gasteiger partial charge in [-0.05, 0) is 5.21 Å². The lowest BCUT2D eigenvalue weighted by Gasteiger charge is -1.84. The fourth-order valence-electron chi connectivity index (χ4n) is 0.667. The molecule has 0 aliphatic rings. The van der Waals surface area contributed by atoms with Crippen LogP contribution in [-0.2, 0) is 0 Å². The van der Waals surface area contributed by atoms with Crippen LogP contribution < -0.4 is 0 Å². The number of aromatic nitrogens is 5. The highest BCUT2D eigenvalue weighted by molar-refractivity contribution is 5.66. The van der Waals surface area contributed by atoms with Crippen molar-refractivity contribution in [2.45, 2.75) is 0 Å². The molecule has 1 N–H and O–H groups in total. The van der Waals surface area contributed by atoms with Crippen LogP contribution in [0.4, 0.5) is 0 Å². The predicted molar refractivity (Wildman–Crippen MR) is 30.3 cm³/mol. The molecule has 2 aromatic rings. The van der Waals surface area contributed by atoms with Gasteiger partial charge >= 0.3 is 0 Å². The fraction of sp³-hybridized carbons (Fsp3) is 0. The van der Waals surface area contributed by atoms with Crippen molar-refractivity contribution in [2.24, 2.45) is 0 Å². The van der Waals surface area contributed by atoms with E-state index in [9.17, 15) is 0 Å². The second-order valence-corrected chi connectivity index (χ2v) is 1.71. The zero-order chi connectivity index (χ0) is 6.97. The van der Waals surface area contributed by atoms with Crippen LogP contribution in [0.25, 0.3) is 11.2 Å². The van der Waals surface area contributed by atoms with E-state index >= 15 is 0 Å². The van der Waals surface area contributed by atoms with E-state index in [0.717, 1.165) is 0 Å². The summed E-state index contributed by atoms with van der Waals surface area (Å²) >= 11 is 0. The Labute approximate surface area is 55.1 Å². The minimum absolute atomic E-state index is 0.387. The monoisotopic (exact) mass is 137 g/mol. The van der Waals surface area contributed by atoms with Crippen LogP contribution in [0.3, 0.4) is 0 Å². The van der Waals surface area contributed by atoms with Gasteiger partial charge in [-0.3, -0.25) is 0 Å². The van der Waals surface area contributed by atoms with Gasteiger partial charge in [0.25, 0.3) is 0 Å². The summed E-state index contributed by atoms with van der Waals surface area (Å²) in [5.74, 6) is 0. The maximum atomic E-state index is 8.87. The van der Waals surface area contributed by atoms with Crippen LogP contribution in [0.15, 0.2) is 12.5 Å². The molecule has 2 rings (SSSR count). The smallest absolute Gasteiger partial charge is 0.208 e. The fourth-order valence-corrected chi connectivity index (χ4v) is 0.667. The highest BCUT2D eigenvalue weighted by atomic mass is 16.5. The number of hydrogen-bond acceptors (Lipinski definition) is 5. The Kier molecular flexibility index (Phi) is 0.830. The van der Waals surface area contributed by atoms with Gasteiger partial charge in [0.2, 0.25) is 5.65 Å². The minimum atomic E-state index is 0.387. The first-order valence-electron chi connectivity index (χ1n) is 2.58. The average Bonchev–Trinajstić information content (AvgIpc) is 2.34. The first kappa shape index (κ1) is 5.10. The van der Waals surface area contributed by atoms with Gasteiger partial charge in [-0.15, -0.1) is 5.10 Å². The van der Waals surface area contributed by atoms with Crippen LogP contribution in [0.2, 0.25) is 0 Å². The van der Waals surface area contributed by atoms with E-state index < -0.39 is 0 Å². The Morgan fingerprint density at radius 3 is 3.20 bits per heavy atom. The zero-order valence-corrected chi connectivity index (χ0v) is 4.84. The highest BCUT2D eigenvalue weighted by Crippen LogP contribution is 2.00. The van der Waals surface area contributed by atoms with Crippen LogP contribution in [-0.4, -0.2) is 30.3 Å². The minimum Gasteiger partial charge on any atom is -0.410 e. The number of hydrogen-bond donors (Lipinski definition) is 1. The zero-order valence-electron chi connectivity index (χ0n) is 4.84. The van der Waals surface area contributed by atoms with Gasteiger partial charge in [0, 0.05) is 0 Å². The maximum Gasteiger partial charge on any atom is 0.208 e. The third-order valence-electron chi connectivity index (χ3n) is 1.11. The van der Waals surface area contributed by atoms with Crippen molar-refractivity contribution in [3.63, 3.8) is 0 Å². The van der Waals surface area contributed by atoms with Crippen molar-refractivity contribution in [2.75, 3.05) is 0 Å². The van der Waals surface area contributed by atoms with Crippen LogP contribution in [0, 0.1) is 0 Å². The van der Waals surface area contributed by atoms with Gasteiger partial charge < -0.3 is 5.21 Å². The van der Waals surface area contributed by atoms with E-state index in [1.807, 2.05) is 0 Å². The normalized spacial score (nSPS) is 10.4. The van der Waals surface area contributed by atoms with Crippen molar-refractivity contribution < 1.29 is 5.21 Å². The first-order chi connectivity index (χ1) is 4.88. The molecule has 2 aromatic heterocycles. The Balaban J connectivity index is 2.93. The van der Waals surface area contributed by atoms with Crippen LogP contribution >= 0.6 is 0 Å². The summed E-state index contributed by atoms with van der Waals surface area (Å²) in [6.07, 6.45) is 2.78.